The van der Waals surface area contributed by atoms with Crippen LogP contribution in [0.15, 0.2) is 22.9 Å². The Morgan fingerprint density at radius 1 is 1.17 bits per heavy atom. The molecule has 1 aliphatic heterocycles. The molecule has 0 atom stereocenters. The second-order valence-electron chi connectivity index (χ2n) is 5.94. The zero-order valence-electron chi connectivity index (χ0n) is 13.9. The summed E-state index contributed by atoms with van der Waals surface area (Å²) in [7, 11) is 0. The molecule has 2 aromatic rings. The third-order valence-electron chi connectivity index (χ3n) is 4.21. The molecule has 1 fully saturated rings. The molecule has 3 heterocycles. The molecule has 1 amide bonds. The molecule has 0 unspecified atom stereocenters. The second-order valence-corrected chi connectivity index (χ2v) is 5.94. The highest BCUT2D eigenvalue weighted by molar-refractivity contribution is 5.92. The fourth-order valence-electron chi connectivity index (χ4n) is 3.06. The van der Waals surface area contributed by atoms with Crippen molar-refractivity contribution in [1.82, 2.24) is 14.9 Å². The minimum atomic E-state index is -0.0589. The number of hydrogen-bond acceptors (Lipinski definition) is 5. The Morgan fingerprint density at radius 3 is 2.70 bits per heavy atom. The number of aromatic nitrogens is 2. The van der Waals surface area contributed by atoms with Crippen molar-refractivity contribution in [1.29, 1.82) is 0 Å². The predicted octanol–water partition coefficient (Wildman–Crippen LogP) is 2.35. The number of amides is 1. The summed E-state index contributed by atoms with van der Waals surface area (Å²) in [6.07, 6.45) is 4.63. The molecule has 6 nitrogen and oxygen atoms in total. The lowest BCUT2D eigenvalue weighted by Gasteiger charge is -2.24. The number of nitrogens with zero attached hydrogens (tertiary/aromatic N) is 4. The van der Waals surface area contributed by atoms with Crippen LogP contribution in [0.4, 0.5) is 5.69 Å². The molecule has 122 valence electrons. The van der Waals surface area contributed by atoms with E-state index in [9.17, 15) is 4.79 Å². The van der Waals surface area contributed by atoms with Gasteiger partial charge in [-0.3, -0.25) is 9.78 Å². The Morgan fingerprint density at radius 2 is 2.00 bits per heavy atom. The minimum absolute atomic E-state index is 0.0589. The summed E-state index contributed by atoms with van der Waals surface area (Å²) in [5, 5.41) is 0. The Labute approximate surface area is 136 Å². The van der Waals surface area contributed by atoms with E-state index in [1.54, 1.807) is 6.92 Å². The summed E-state index contributed by atoms with van der Waals surface area (Å²) < 4.78 is 5.48. The Balaban J connectivity index is 1.73. The quantitative estimate of drug-likeness (QED) is 0.851. The van der Waals surface area contributed by atoms with Gasteiger partial charge in [0.1, 0.15) is 0 Å². The van der Waals surface area contributed by atoms with Gasteiger partial charge in [-0.05, 0) is 31.9 Å². The molecule has 0 radical (unpaired) electrons. The van der Waals surface area contributed by atoms with E-state index in [2.05, 4.69) is 21.8 Å². The smallest absolute Gasteiger partial charge is 0.291 e. The molecule has 2 aromatic heterocycles. The normalized spacial score (nSPS) is 15.6. The van der Waals surface area contributed by atoms with Gasteiger partial charge in [0, 0.05) is 51.2 Å². The fraction of sp³-hybridized carbons (Fsp3) is 0.471. The monoisotopic (exact) mass is 314 g/mol. The molecule has 6 heteroatoms. The summed E-state index contributed by atoms with van der Waals surface area (Å²) in [5.74, 6) is 0.849. The molecule has 0 N–H and O–H groups in total. The number of oxazole rings is 1. The van der Waals surface area contributed by atoms with Crippen molar-refractivity contribution in [2.75, 3.05) is 31.1 Å². The molecule has 0 saturated carbocycles. The van der Waals surface area contributed by atoms with Crippen LogP contribution < -0.4 is 4.90 Å². The Kier molecular flexibility index (Phi) is 4.32. The third-order valence-corrected chi connectivity index (χ3v) is 4.21. The van der Waals surface area contributed by atoms with Gasteiger partial charge in [0.05, 0.1) is 5.69 Å². The highest BCUT2D eigenvalue weighted by Gasteiger charge is 2.25. The van der Waals surface area contributed by atoms with Crippen LogP contribution in [0, 0.1) is 20.8 Å². The van der Waals surface area contributed by atoms with Crippen molar-refractivity contribution >= 4 is 11.6 Å². The van der Waals surface area contributed by atoms with Crippen LogP contribution in [0.3, 0.4) is 0 Å². The second kappa shape index (κ2) is 6.40. The van der Waals surface area contributed by atoms with Crippen molar-refractivity contribution in [2.24, 2.45) is 0 Å². The summed E-state index contributed by atoms with van der Waals surface area (Å²) >= 11 is 0. The maximum Gasteiger partial charge on any atom is 0.291 e. The summed E-state index contributed by atoms with van der Waals surface area (Å²) in [4.78, 5) is 25.2. The molecule has 23 heavy (non-hydrogen) atoms. The van der Waals surface area contributed by atoms with Crippen LogP contribution in [-0.4, -0.2) is 47.0 Å². The molecule has 0 spiro atoms. The Bertz CT molecular complexity index is 710. The third kappa shape index (κ3) is 3.21. The largest absolute Gasteiger partial charge is 0.436 e. The van der Waals surface area contributed by atoms with E-state index in [1.165, 1.54) is 5.69 Å². The van der Waals surface area contributed by atoms with E-state index in [0.717, 1.165) is 31.6 Å². The van der Waals surface area contributed by atoms with Gasteiger partial charge in [0.15, 0.2) is 5.89 Å². The number of hydrogen-bond donors (Lipinski definition) is 0. The topological polar surface area (TPSA) is 62.5 Å². The van der Waals surface area contributed by atoms with Gasteiger partial charge >= 0.3 is 0 Å². The van der Waals surface area contributed by atoms with E-state index >= 15 is 0 Å². The lowest BCUT2D eigenvalue weighted by atomic mass is 10.2. The molecule has 0 bridgehead atoms. The first-order chi connectivity index (χ1) is 11.1. The van der Waals surface area contributed by atoms with Crippen LogP contribution >= 0.6 is 0 Å². The molecule has 0 aromatic carbocycles. The number of anilines is 1. The van der Waals surface area contributed by atoms with Gasteiger partial charge < -0.3 is 14.2 Å². The van der Waals surface area contributed by atoms with Crippen LogP contribution in [0.5, 0.6) is 0 Å². The van der Waals surface area contributed by atoms with Gasteiger partial charge in [-0.25, -0.2) is 4.98 Å². The molecule has 1 aliphatic rings. The van der Waals surface area contributed by atoms with Crippen LogP contribution in [-0.2, 0) is 0 Å². The number of aryl methyl sites for hydroxylation is 3. The lowest BCUT2D eigenvalue weighted by Crippen LogP contribution is -2.35. The van der Waals surface area contributed by atoms with Crippen LogP contribution in [0.1, 0.15) is 34.1 Å². The first-order valence-electron chi connectivity index (χ1n) is 7.95. The van der Waals surface area contributed by atoms with Crippen molar-refractivity contribution in [3.8, 4) is 0 Å². The highest BCUT2D eigenvalue weighted by atomic mass is 16.4. The van der Waals surface area contributed by atoms with Gasteiger partial charge in [-0.2, -0.15) is 0 Å². The first-order valence-corrected chi connectivity index (χ1v) is 7.95. The van der Waals surface area contributed by atoms with Crippen molar-refractivity contribution in [2.45, 2.75) is 27.2 Å². The van der Waals surface area contributed by atoms with E-state index in [-0.39, 0.29) is 5.91 Å². The van der Waals surface area contributed by atoms with Gasteiger partial charge in [-0.1, -0.05) is 0 Å². The number of rotatable bonds is 2. The number of carbonyl (C=O) groups excluding carboxylic acids is 1. The average molecular weight is 314 g/mol. The molecular weight excluding hydrogens is 292 g/mol. The maximum atomic E-state index is 12.7. The van der Waals surface area contributed by atoms with Gasteiger partial charge in [0.2, 0.25) is 5.76 Å². The summed E-state index contributed by atoms with van der Waals surface area (Å²) in [6, 6.07) is 2.04. The Hall–Kier alpha value is -2.37. The number of pyridine rings is 1. The van der Waals surface area contributed by atoms with Crippen LogP contribution in [0.2, 0.25) is 0 Å². The first kappa shape index (κ1) is 15.5. The average Bonchev–Trinajstić information content (AvgIpc) is 2.74. The van der Waals surface area contributed by atoms with E-state index < -0.39 is 0 Å². The molecule has 3 rings (SSSR count). The van der Waals surface area contributed by atoms with E-state index in [1.807, 2.05) is 30.3 Å². The standard InChI is InChI=1S/C17H22N4O2/c1-12-11-18-6-5-15(12)20-7-4-8-21(10-9-20)17(22)16-13(2)19-14(3)23-16/h5-6,11H,4,7-10H2,1-3H3. The van der Waals surface area contributed by atoms with Crippen molar-refractivity contribution in [3.05, 3.63) is 41.4 Å². The van der Waals surface area contributed by atoms with Gasteiger partial charge in [-0.15, -0.1) is 0 Å². The maximum absolute atomic E-state index is 12.7. The number of carbonyl (C=O) groups is 1. The molecule has 0 aliphatic carbocycles. The summed E-state index contributed by atoms with van der Waals surface area (Å²) in [5.41, 5.74) is 3.02. The summed E-state index contributed by atoms with van der Waals surface area (Å²) in [6.45, 7) is 8.80. The fourth-order valence-corrected chi connectivity index (χ4v) is 3.06. The van der Waals surface area contributed by atoms with Crippen molar-refractivity contribution < 1.29 is 9.21 Å². The van der Waals surface area contributed by atoms with E-state index in [4.69, 9.17) is 4.42 Å². The SMILES string of the molecule is Cc1nc(C)c(C(=O)N2CCCN(c3ccncc3C)CC2)o1. The van der Waals surface area contributed by atoms with Gasteiger partial charge in [0.25, 0.3) is 5.91 Å². The molecule has 1 saturated heterocycles. The zero-order chi connectivity index (χ0) is 16.4. The zero-order valence-corrected chi connectivity index (χ0v) is 13.9. The van der Waals surface area contributed by atoms with E-state index in [0.29, 0.717) is 23.9 Å². The lowest BCUT2D eigenvalue weighted by molar-refractivity contribution is 0.0732. The van der Waals surface area contributed by atoms with Crippen LogP contribution in [0.25, 0.3) is 0 Å². The highest BCUT2D eigenvalue weighted by Crippen LogP contribution is 2.21. The molecular formula is C17H22N4O2. The minimum Gasteiger partial charge on any atom is -0.436 e. The van der Waals surface area contributed by atoms with Crippen molar-refractivity contribution in [3.63, 3.8) is 0 Å². The predicted molar refractivity (Wildman–Crippen MR) is 87.7 cm³/mol.